The van der Waals surface area contributed by atoms with Gasteiger partial charge in [-0.05, 0) is 13.3 Å². The zero-order valence-corrected chi connectivity index (χ0v) is 13.7. The maximum Gasteiger partial charge on any atom is 0.330 e. The molecule has 0 aromatic carbocycles. The first-order chi connectivity index (χ1) is 10.5. The minimum atomic E-state index is -1.39. The van der Waals surface area contributed by atoms with E-state index in [9.17, 15) is 24.3 Å². The molecule has 1 aromatic heterocycles. The van der Waals surface area contributed by atoms with Crippen molar-refractivity contribution in [2.45, 2.75) is 19.6 Å². The number of imide groups is 1. The molecule has 0 bridgehead atoms. The van der Waals surface area contributed by atoms with E-state index in [1.165, 1.54) is 45.9 Å². The molecule has 1 aliphatic rings. The summed E-state index contributed by atoms with van der Waals surface area (Å²) >= 11 is 0. The van der Waals surface area contributed by atoms with Crippen LogP contribution in [0.2, 0.25) is 0 Å². The monoisotopic (exact) mass is 324 g/mol. The van der Waals surface area contributed by atoms with Crippen LogP contribution < -0.4 is 11.2 Å². The zero-order valence-electron chi connectivity index (χ0n) is 13.7. The van der Waals surface area contributed by atoms with Crippen LogP contribution in [-0.2, 0) is 25.3 Å². The van der Waals surface area contributed by atoms with Crippen molar-refractivity contribution >= 4 is 11.9 Å². The molecule has 2 unspecified atom stereocenters. The van der Waals surface area contributed by atoms with E-state index in [0.717, 1.165) is 14.4 Å². The Morgan fingerprint density at radius 2 is 1.70 bits per heavy atom. The quantitative estimate of drug-likeness (QED) is 0.711. The van der Waals surface area contributed by atoms with Crippen molar-refractivity contribution in [3.05, 3.63) is 32.6 Å². The average molecular weight is 324 g/mol. The molecule has 3 amide bonds. The number of carbonyl (C=O) groups excluding carboxylic acids is 2. The van der Waals surface area contributed by atoms with Gasteiger partial charge in [0, 0.05) is 40.0 Å². The van der Waals surface area contributed by atoms with Gasteiger partial charge in [0.2, 0.25) is 5.91 Å². The standard InChI is InChI=1S/C14H20N4O5/c1-14(10(20)17(4)13(23)18(5)11(14)21)6-8-7-15(2)12(22)16(3)9(8)19/h7,10,20H,6H2,1-5H3. The molecule has 0 saturated carbocycles. The summed E-state index contributed by atoms with van der Waals surface area (Å²) in [4.78, 5) is 50.3. The fourth-order valence-electron chi connectivity index (χ4n) is 2.92. The number of carbonyl (C=O) groups is 2. The summed E-state index contributed by atoms with van der Waals surface area (Å²) in [7, 11) is 5.54. The summed E-state index contributed by atoms with van der Waals surface area (Å²) in [5, 5.41) is 10.4. The van der Waals surface area contributed by atoms with Gasteiger partial charge in [-0.25, -0.2) is 9.59 Å². The van der Waals surface area contributed by atoms with Gasteiger partial charge in [0.15, 0.2) is 0 Å². The maximum absolute atomic E-state index is 12.5. The Kier molecular flexibility index (Phi) is 3.93. The highest BCUT2D eigenvalue weighted by Crippen LogP contribution is 2.34. The van der Waals surface area contributed by atoms with Crippen molar-refractivity contribution in [2.75, 3.05) is 14.1 Å². The average Bonchev–Trinajstić information content (AvgIpc) is 2.52. The van der Waals surface area contributed by atoms with Gasteiger partial charge < -0.3 is 14.6 Å². The summed E-state index contributed by atoms with van der Waals surface area (Å²) in [6.45, 7) is 1.49. The van der Waals surface area contributed by atoms with Crippen molar-refractivity contribution < 1.29 is 14.7 Å². The second kappa shape index (κ2) is 5.34. The first-order valence-electron chi connectivity index (χ1n) is 7.01. The maximum atomic E-state index is 12.5. The van der Waals surface area contributed by atoms with Crippen LogP contribution in [0.1, 0.15) is 12.5 Å². The molecule has 9 nitrogen and oxygen atoms in total. The second-order valence-corrected chi connectivity index (χ2v) is 6.14. The molecule has 1 N–H and O–H groups in total. The highest BCUT2D eigenvalue weighted by Gasteiger charge is 2.52. The van der Waals surface area contributed by atoms with Crippen molar-refractivity contribution in [3.8, 4) is 0 Å². The zero-order chi connectivity index (χ0) is 17.7. The van der Waals surface area contributed by atoms with E-state index in [4.69, 9.17) is 0 Å². The molecule has 126 valence electrons. The summed E-state index contributed by atoms with van der Waals surface area (Å²) < 4.78 is 2.18. The highest BCUT2D eigenvalue weighted by molar-refractivity contribution is 6.00. The van der Waals surface area contributed by atoms with Gasteiger partial charge in [-0.3, -0.25) is 19.1 Å². The third-order valence-electron chi connectivity index (χ3n) is 4.39. The lowest BCUT2D eigenvalue weighted by molar-refractivity contribution is -0.160. The SMILES string of the molecule is CN1C(=O)N(C)C(O)C(C)(Cc2cn(C)c(=O)n(C)c2=O)C1=O. The molecule has 0 aliphatic carbocycles. The van der Waals surface area contributed by atoms with Crippen molar-refractivity contribution in [2.24, 2.45) is 19.5 Å². The topological polar surface area (TPSA) is 105 Å². The molecule has 23 heavy (non-hydrogen) atoms. The first kappa shape index (κ1) is 16.9. The van der Waals surface area contributed by atoms with E-state index >= 15 is 0 Å². The lowest BCUT2D eigenvalue weighted by Gasteiger charge is -2.45. The number of hydrogen-bond acceptors (Lipinski definition) is 5. The predicted molar refractivity (Wildman–Crippen MR) is 80.7 cm³/mol. The number of urea groups is 1. The Bertz CT molecular complexity index is 795. The predicted octanol–water partition coefficient (Wildman–Crippen LogP) is -1.52. The van der Waals surface area contributed by atoms with E-state index in [-0.39, 0.29) is 12.0 Å². The molecule has 2 rings (SSSR count). The number of aryl methyl sites for hydroxylation is 1. The third kappa shape index (κ3) is 2.37. The number of aliphatic hydroxyl groups is 1. The number of hydrogen-bond donors (Lipinski definition) is 1. The number of aliphatic hydroxyl groups excluding tert-OH is 1. The third-order valence-corrected chi connectivity index (χ3v) is 4.39. The van der Waals surface area contributed by atoms with Crippen molar-refractivity contribution in [1.82, 2.24) is 18.9 Å². The fraction of sp³-hybridized carbons (Fsp3) is 0.571. The van der Waals surface area contributed by atoms with Gasteiger partial charge >= 0.3 is 11.7 Å². The van der Waals surface area contributed by atoms with E-state index < -0.39 is 34.8 Å². The molecular weight excluding hydrogens is 304 g/mol. The smallest absolute Gasteiger partial charge is 0.330 e. The Morgan fingerprint density at radius 1 is 1.13 bits per heavy atom. The molecule has 0 radical (unpaired) electrons. The second-order valence-electron chi connectivity index (χ2n) is 6.14. The van der Waals surface area contributed by atoms with Gasteiger partial charge in [0.1, 0.15) is 6.23 Å². The number of aromatic nitrogens is 2. The summed E-state index contributed by atoms with van der Waals surface area (Å²) in [6, 6.07) is -0.617. The number of nitrogens with zero attached hydrogens (tertiary/aromatic N) is 4. The minimum Gasteiger partial charge on any atom is -0.372 e. The van der Waals surface area contributed by atoms with Crippen LogP contribution in [0.4, 0.5) is 4.79 Å². The van der Waals surface area contributed by atoms with Crippen LogP contribution >= 0.6 is 0 Å². The van der Waals surface area contributed by atoms with Crippen molar-refractivity contribution in [3.63, 3.8) is 0 Å². The van der Waals surface area contributed by atoms with Crippen LogP contribution in [0.5, 0.6) is 0 Å². The van der Waals surface area contributed by atoms with Crippen LogP contribution in [-0.4, -0.2) is 56.3 Å². The van der Waals surface area contributed by atoms with Gasteiger partial charge in [-0.1, -0.05) is 0 Å². The van der Waals surface area contributed by atoms with Crippen molar-refractivity contribution in [1.29, 1.82) is 0 Å². The van der Waals surface area contributed by atoms with E-state index in [1.54, 1.807) is 0 Å². The molecule has 0 spiro atoms. The van der Waals surface area contributed by atoms with E-state index in [1.807, 2.05) is 0 Å². The van der Waals surface area contributed by atoms with Gasteiger partial charge in [-0.2, -0.15) is 0 Å². The molecule has 2 atom stereocenters. The van der Waals surface area contributed by atoms with Crippen LogP contribution in [0.15, 0.2) is 15.8 Å². The fourth-order valence-corrected chi connectivity index (χ4v) is 2.92. The summed E-state index contributed by atoms with van der Waals surface area (Å²) in [5.41, 5.74) is -2.19. The van der Waals surface area contributed by atoms with Crippen LogP contribution in [0, 0.1) is 5.41 Å². The van der Waals surface area contributed by atoms with Gasteiger partial charge in [0.05, 0.1) is 5.41 Å². The lowest BCUT2D eigenvalue weighted by atomic mass is 9.79. The first-order valence-corrected chi connectivity index (χ1v) is 7.01. The molecule has 1 fully saturated rings. The largest absolute Gasteiger partial charge is 0.372 e. The minimum absolute atomic E-state index is 0.101. The Labute approximate surface area is 132 Å². The van der Waals surface area contributed by atoms with E-state index in [2.05, 4.69) is 0 Å². The number of amides is 3. The Hall–Kier alpha value is -2.42. The molecule has 2 heterocycles. The Balaban J connectivity index is 2.54. The van der Waals surface area contributed by atoms with Gasteiger partial charge in [-0.15, -0.1) is 0 Å². The normalized spacial score (nSPS) is 25.2. The molecular formula is C14H20N4O5. The molecule has 1 aromatic rings. The van der Waals surface area contributed by atoms with Crippen LogP contribution in [0.3, 0.4) is 0 Å². The number of rotatable bonds is 2. The van der Waals surface area contributed by atoms with Crippen LogP contribution in [0.25, 0.3) is 0 Å². The molecule has 9 heteroatoms. The molecule has 1 aliphatic heterocycles. The van der Waals surface area contributed by atoms with Gasteiger partial charge in [0.25, 0.3) is 5.56 Å². The lowest BCUT2D eigenvalue weighted by Crippen LogP contribution is -2.65. The van der Waals surface area contributed by atoms with E-state index in [0.29, 0.717) is 0 Å². The summed E-state index contributed by atoms with van der Waals surface area (Å²) in [6.07, 6.45) is -0.122. The Morgan fingerprint density at radius 3 is 2.26 bits per heavy atom. The summed E-state index contributed by atoms with van der Waals surface area (Å²) in [5.74, 6) is -0.580. The molecule has 1 saturated heterocycles. The highest BCUT2D eigenvalue weighted by atomic mass is 16.3.